The summed E-state index contributed by atoms with van der Waals surface area (Å²) < 4.78 is 39.3. The summed E-state index contributed by atoms with van der Waals surface area (Å²) in [6, 6.07) is 10.6. The van der Waals surface area contributed by atoms with E-state index in [1.165, 1.54) is 11.1 Å². The average molecular weight is 927 g/mol. The molecule has 66 heavy (non-hydrogen) atoms. The highest BCUT2D eigenvalue weighted by Crippen LogP contribution is 2.53. The second-order valence-electron chi connectivity index (χ2n) is 19.4. The van der Waals surface area contributed by atoms with Crippen molar-refractivity contribution in [2.24, 2.45) is 17.3 Å². The molecule has 350 valence electrons. The summed E-state index contributed by atoms with van der Waals surface area (Å²) in [6.07, 6.45) is 8.51. The molecule has 1 spiro atoms. The predicted molar refractivity (Wildman–Crippen MR) is 246 cm³/mol. The predicted octanol–water partition coefficient (Wildman–Crippen LogP) is 6.61. The molecule has 2 aromatic heterocycles. The summed E-state index contributed by atoms with van der Waals surface area (Å²) in [4.78, 5) is 63.3. The minimum absolute atomic E-state index is 0.00977. The van der Waals surface area contributed by atoms with E-state index in [9.17, 15) is 19.2 Å². The number of nitrogens with zero attached hydrogens (tertiary/aromatic N) is 7. The van der Waals surface area contributed by atoms with Gasteiger partial charge in [-0.3, -0.25) is 29.5 Å². The van der Waals surface area contributed by atoms with Crippen LogP contribution in [0.3, 0.4) is 0 Å². The second-order valence-corrected chi connectivity index (χ2v) is 19.8. The normalized spacial score (nSPS) is 24.0. The zero-order valence-corrected chi connectivity index (χ0v) is 38.4. The molecule has 5 fully saturated rings. The quantitative estimate of drug-likeness (QED) is 0.150. The Morgan fingerprint density at radius 2 is 1.77 bits per heavy atom. The van der Waals surface area contributed by atoms with Crippen LogP contribution in [0.15, 0.2) is 42.6 Å². The van der Waals surface area contributed by atoms with Gasteiger partial charge in [-0.15, -0.1) is 5.10 Å². The molecular formula is C48H57ClF2N10O5. The first-order valence-corrected chi connectivity index (χ1v) is 23.7. The first-order valence-electron chi connectivity index (χ1n) is 23.3. The van der Waals surface area contributed by atoms with Crippen LogP contribution < -0.4 is 25.8 Å². The van der Waals surface area contributed by atoms with Gasteiger partial charge in [-0.2, -0.15) is 0 Å². The van der Waals surface area contributed by atoms with Gasteiger partial charge >= 0.3 is 6.03 Å². The lowest BCUT2D eigenvalue weighted by atomic mass is 9.57. The number of imidazole rings is 1. The highest BCUT2D eigenvalue weighted by molar-refractivity contribution is 6.32. The maximum Gasteiger partial charge on any atom is 0.328 e. The fourth-order valence-corrected chi connectivity index (χ4v) is 11.8. The van der Waals surface area contributed by atoms with Crippen molar-refractivity contribution in [3.8, 4) is 0 Å². The zero-order valence-electron chi connectivity index (χ0n) is 37.7. The molecule has 6 aliphatic rings. The van der Waals surface area contributed by atoms with Crippen LogP contribution in [0.1, 0.15) is 88.9 Å². The lowest BCUT2D eigenvalue weighted by Gasteiger charge is -2.54. The third-order valence-electron chi connectivity index (χ3n) is 15.5. The molecule has 4 aromatic rings. The van der Waals surface area contributed by atoms with Gasteiger partial charge in [0, 0.05) is 81.6 Å². The number of nitrogens with one attached hydrogen (secondary N) is 3. The molecule has 4 aliphatic heterocycles. The van der Waals surface area contributed by atoms with E-state index in [1.54, 1.807) is 37.7 Å². The molecular weight excluding hydrogens is 870 g/mol. The van der Waals surface area contributed by atoms with Crippen LogP contribution in [0.2, 0.25) is 5.02 Å². The number of carbonyl (C=O) groups excluding carboxylic acids is 4. The number of hydrogen-bond acceptors (Lipinski definition) is 10. The zero-order chi connectivity index (χ0) is 46.1. The summed E-state index contributed by atoms with van der Waals surface area (Å²) in [7, 11) is 3.46. The molecule has 0 radical (unpaired) electrons. The fourth-order valence-electron chi connectivity index (χ4n) is 11.5. The Labute approximate surface area is 387 Å². The molecule has 3 N–H and O–H groups in total. The number of piperidine rings is 2. The van der Waals surface area contributed by atoms with Crippen molar-refractivity contribution in [2.45, 2.75) is 89.2 Å². The summed E-state index contributed by atoms with van der Waals surface area (Å²) in [5.41, 5.74) is 6.23. The van der Waals surface area contributed by atoms with Crippen molar-refractivity contribution in [3.05, 3.63) is 75.6 Å². The molecule has 2 aromatic carbocycles. The molecule has 3 saturated heterocycles. The summed E-state index contributed by atoms with van der Waals surface area (Å²) in [5.74, 6) is -3.37. The maximum atomic E-state index is 16.1. The van der Waals surface area contributed by atoms with Crippen LogP contribution in [0.4, 0.5) is 36.5 Å². The molecule has 10 rings (SSSR count). The van der Waals surface area contributed by atoms with E-state index in [1.807, 2.05) is 34.1 Å². The average Bonchev–Trinajstić information content (AvgIpc) is 3.92. The minimum atomic E-state index is -2.84. The van der Waals surface area contributed by atoms with Gasteiger partial charge in [0.1, 0.15) is 0 Å². The Hall–Kier alpha value is -5.39. The Morgan fingerprint density at radius 1 is 0.985 bits per heavy atom. The van der Waals surface area contributed by atoms with Gasteiger partial charge in [0.2, 0.25) is 5.91 Å². The number of halogens is 3. The Kier molecular flexibility index (Phi) is 11.7. The van der Waals surface area contributed by atoms with Gasteiger partial charge in [-0.25, -0.2) is 23.1 Å². The van der Waals surface area contributed by atoms with E-state index in [4.69, 9.17) is 21.4 Å². The standard InChI is InChI=1S/C48H57ClF2N10O5/c1-28-34(49)20-31(21-38(28)60-16-11-42(62)55-46(60)65)45(64)58-17-12-47(13-18-58)23-29(24-47)26-57-14-9-32(48(50,51)27-57)19-30-5-4-6-37-33(30)10-15-59(37)41-22-36(52-2)43-53-25-39(61(43)56-41)44(63)54-35-7-8-40(35)66-3/h4-6,20-22,25,29,32,35,40,52H,7-19,23-24,26-27H2,1-3H3,(H,54,63)(H,55,62,65)/t32?,35-,40-/m1/s1. The molecule has 2 saturated carbocycles. The number of ether oxygens (including phenoxy) is 1. The van der Waals surface area contributed by atoms with Gasteiger partial charge < -0.3 is 25.2 Å². The van der Waals surface area contributed by atoms with Crippen molar-refractivity contribution in [2.75, 3.05) is 75.1 Å². The third kappa shape index (κ3) is 8.14. The monoisotopic (exact) mass is 926 g/mol. The summed E-state index contributed by atoms with van der Waals surface area (Å²) in [6.45, 7) is 4.86. The molecule has 2 aliphatic carbocycles. The van der Waals surface area contributed by atoms with Crippen molar-refractivity contribution in [3.63, 3.8) is 0 Å². The van der Waals surface area contributed by atoms with Crippen LogP contribution in [-0.4, -0.2) is 126 Å². The van der Waals surface area contributed by atoms with Gasteiger partial charge in [-0.1, -0.05) is 23.7 Å². The number of aromatic nitrogens is 3. The maximum absolute atomic E-state index is 16.1. The van der Waals surface area contributed by atoms with Crippen LogP contribution in [-0.2, 0) is 22.4 Å². The summed E-state index contributed by atoms with van der Waals surface area (Å²) >= 11 is 6.56. The summed E-state index contributed by atoms with van der Waals surface area (Å²) in [5, 5.41) is 13.9. The number of methoxy groups -OCH3 is 1. The molecule has 6 heterocycles. The highest BCUT2D eigenvalue weighted by atomic mass is 35.5. The first-order chi connectivity index (χ1) is 31.7. The fraction of sp³-hybridized carbons (Fsp3) is 0.542. The van der Waals surface area contributed by atoms with E-state index in [2.05, 4.69) is 25.8 Å². The van der Waals surface area contributed by atoms with E-state index >= 15 is 8.78 Å². The SMILES string of the molecule is CNc1cc(N2CCc3c(CC4CCN(CC5CC6(CCN(C(=O)c7cc(Cl)c(C)c(N8CCC(=O)NC8=O)c7)CC6)C5)CC4(F)F)cccc32)nn2c(C(=O)N[C@@H]3CC[C@H]3OC)cnc12. The van der Waals surface area contributed by atoms with Gasteiger partial charge in [0.15, 0.2) is 17.2 Å². The highest BCUT2D eigenvalue weighted by Gasteiger charge is 2.50. The van der Waals surface area contributed by atoms with E-state index in [0.29, 0.717) is 96.9 Å². The van der Waals surface area contributed by atoms with Crippen LogP contribution >= 0.6 is 11.6 Å². The molecule has 1 unspecified atom stereocenters. The number of alkyl halides is 2. The van der Waals surface area contributed by atoms with E-state index in [-0.39, 0.29) is 54.8 Å². The number of carbonyl (C=O) groups is 4. The largest absolute Gasteiger partial charge is 0.385 e. The second kappa shape index (κ2) is 17.4. The number of fused-ring (bicyclic) bond motifs is 2. The lowest BCUT2D eigenvalue weighted by molar-refractivity contribution is -0.120. The number of imide groups is 1. The molecule has 15 nitrogen and oxygen atoms in total. The van der Waals surface area contributed by atoms with Crippen LogP contribution in [0.25, 0.3) is 5.65 Å². The van der Waals surface area contributed by atoms with Crippen molar-refractivity contribution in [1.82, 2.24) is 35.0 Å². The van der Waals surface area contributed by atoms with Crippen LogP contribution in [0.5, 0.6) is 0 Å². The molecule has 18 heteroatoms. The van der Waals surface area contributed by atoms with Crippen molar-refractivity contribution >= 4 is 63.9 Å². The Balaban J connectivity index is 0.736. The molecule has 3 atom stereocenters. The Morgan fingerprint density at radius 3 is 2.48 bits per heavy atom. The lowest BCUT2D eigenvalue weighted by Crippen LogP contribution is -2.54. The first kappa shape index (κ1) is 44.4. The Bertz CT molecular complexity index is 2590. The van der Waals surface area contributed by atoms with Crippen LogP contribution in [0, 0.1) is 24.2 Å². The number of hydrogen-bond donors (Lipinski definition) is 3. The van der Waals surface area contributed by atoms with Crippen molar-refractivity contribution < 1.29 is 32.7 Å². The third-order valence-corrected chi connectivity index (χ3v) is 15.9. The number of amides is 5. The number of urea groups is 1. The van der Waals surface area contributed by atoms with Gasteiger partial charge in [0.25, 0.3) is 17.7 Å². The number of rotatable bonds is 11. The number of likely N-dealkylation sites (tertiary alicyclic amines) is 2. The number of benzene rings is 2. The van der Waals surface area contributed by atoms with E-state index in [0.717, 1.165) is 61.0 Å². The van der Waals surface area contributed by atoms with E-state index < -0.39 is 17.9 Å². The minimum Gasteiger partial charge on any atom is -0.385 e. The molecule has 5 amide bonds. The topological polar surface area (TPSA) is 157 Å². The van der Waals surface area contributed by atoms with Gasteiger partial charge in [-0.05, 0) is 117 Å². The van der Waals surface area contributed by atoms with Crippen molar-refractivity contribution in [1.29, 1.82) is 0 Å². The van der Waals surface area contributed by atoms with Gasteiger partial charge in [0.05, 0.1) is 36.3 Å². The molecule has 0 bridgehead atoms. The number of anilines is 4. The smallest absolute Gasteiger partial charge is 0.328 e.